The summed E-state index contributed by atoms with van der Waals surface area (Å²) < 4.78 is 5.95. The van der Waals surface area contributed by atoms with Gasteiger partial charge in [0, 0.05) is 57.5 Å². The van der Waals surface area contributed by atoms with Crippen LogP contribution < -0.4 is 10.6 Å². The normalized spacial score (nSPS) is 16.1. The number of ether oxygens (including phenoxy) is 1. The summed E-state index contributed by atoms with van der Waals surface area (Å²) in [5, 5.41) is 4.29. The van der Waals surface area contributed by atoms with Crippen LogP contribution in [0.1, 0.15) is 61.4 Å². The lowest BCUT2D eigenvalue weighted by atomic mass is 10.0. The molecular weight excluding hydrogens is 612 g/mol. The van der Waals surface area contributed by atoms with E-state index in [4.69, 9.17) is 28.8 Å². The molecule has 0 radical (unpaired) electrons. The number of nitrogens with one attached hydrogen (secondary N) is 1. The summed E-state index contributed by atoms with van der Waals surface area (Å²) in [7, 11) is 0.145. The lowest BCUT2D eigenvalue weighted by Gasteiger charge is -2.22. The summed E-state index contributed by atoms with van der Waals surface area (Å²) in [4.78, 5) is 27.2. The monoisotopic (exact) mass is 661 g/mol. The second kappa shape index (κ2) is 19.2. The Morgan fingerprint density at radius 1 is 1.25 bits per heavy atom. The van der Waals surface area contributed by atoms with Gasteiger partial charge in [-0.05, 0) is 63.9 Å². The van der Waals surface area contributed by atoms with E-state index in [2.05, 4.69) is 55.4 Å². The fourth-order valence-electron chi connectivity index (χ4n) is 4.87. The zero-order chi connectivity index (χ0) is 29.5. The van der Waals surface area contributed by atoms with Crippen molar-refractivity contribution in [2.75, 3.05) is 65.4 Å². The van der Waals surface area contributed by atoms with Gasteiger partial charge in [-0.2, -0.15) is 0 Å². The molecule has 0 saturated heterocycles. The second-order valence-electron chi connectivity index (χ2n) is 11.1. The molecule has 1 fully saturated rings. The van der Waals surface area contributed by atoms with Crippen LogP contribution in [0.2, 0.25) is 0 Å². The quantitative estimate of drug-likeness (QED) is 0.0952. The van der Waals surface area contributed by atoms with Crippen molar-refractivity contribution in [2.24, 2.45) is 5.92 Å². The van der Waals surface area contributed by atoms with E-state index in [0.717, 1.165) is 18.9 Å². The molecule has 1 N–H and O–H groups in total. The first-order chi connectivity index (χ1) is 19.0. The number of hydrogen-bond donors (Lipinski definition) is 2. The number of benzene rings is 1. The zero-order valence-electron chi connectivity index (χ0n) is 25.0. The van der Waals surface area contributed by atoms with E-state index in [1.54, 1.807) is 11.8 Å². The Balaban J connectivity index is 2.02. The van der Waals surface area contributed by atoms with Gasteiger partial charge in [0.1, 0.15) is 19.0 Å². The van der Waals surface area contributed by atoms with Gasteiger partial charge in [0.25, 0.3) is 5.91 Å². The maximum atomic E-state index is 13.2. The van der Waals surface area contributed by atoms with Gasteiger partial charge in [0.05, 0.1) is 6.61 Å². The van der Waals surface area contributed by atoms with Gasteiger partial charge in [0.15, 0.2) is 5.30 Å². The fourth-order valence-corrected chi connectivity index (χ4v) is 14.9. The van der Waals surface area contributed by atoms with E-state index in [1.165, 1.54) is 57.6 Å². The highest BCUT2D eigenvalue weighted by atomic mass is 32.7. The maximum Gasteiger partial charge on any atom is 0.251 e. The summed E-state index contributed by atoms with van der Waals surface area (Å²) >= 11 is 10.6. The molecule has 0 spiro atoms. The third-order valence-electron chi connectivity index (χ3n) is 6.90. The van der Waals surface area contributed by atoms with Crippen LogP contribution in [0.4, 0.5) is 0 Å². The van der Waals surface area contributed by atoms with E-state index in [9.17, 15) is 9.59 Å². The standard InChI is InChI=1S/C29H48N2O3P4S2/c1-24(32)31(17-18-34-21-25-10-8-6-7-9-11-25)16-15-30-29(33)27-13-12-26(14-19-35-2)28(20-27)37(22-36(3)39)23-38(4,5)40/h12-13,19-20,22,25H,6-11,14-18,21,23H2,1-5H3,(H-,30,33,39)/p+1. The lowest BCUT2D eigenvalue weighted by Crippen LogP contribution is -2.39. The Hall–Kier alpha value is -0.110. The van der Waals surface area contributed by atoms with Crippen LogP contribution in [-0.2, 0) is 27.8 Å². The number of thiol groups is 1. The van der Waals surface area contributed by atoms with Crippen LogP contribution in [0.25, 0.3) is 0 Å². The molecule has 2 atom stereocenters. The molecule has 2 unspecified atom stereocenters. The van der Waals surface area contributed by atoms with Crippen molar-refractivity contribution >= 4 is 81.4 Å². The molecule has 224 valence electrons. The highest BCUT2D eigenvalue weighted by Crippen LogP contribution is 2.50. The van der Waals surface area contributed by atoms with Crippen molar-refractivity contribution in [3.8, 4) is 0 Å². The van der Waals surface area contributed by atoms with Gasteiger partial charge >= 0.3 is 0 Å². The van der Waals surface area contributed by atoms with Crippen molar-refractivity contribution < 1.29 is 14.3 Å². The first kappa shape index (κ1) is 36.1. The van der Waals surface area contributed by atoms with Crippen molar-refractivity contribution in [1.29, 1.82) is 0 Å². The van der Waals surface area contributed by atoms with Crippen LogP contribution in [0.15, 0.2) is 18.2 Å². The summed E-state index contributed by atoms with van der Waals surface area (Å²) in [6.45, 7) is 13.0. The number of nitrogens with zero attached hydrogens (tertiary/aromatic N) is 1. The molecule has 40 heavy (non-hydrogen) atoms. The smallest absolute Gasteiger partial charge is 0.251 e. The zero-order valence-corrected chi connectivity index (χ0v) is 30.3. The van der Waals surface area contributed by atoms with Crippen LogP contribution in [0.5, 0.6) is 0 Å². The molecule has 0 aromatic heterocycles. The minimum atomic E-state index is -1.44. The predicted octanol–water partition coefficient (Wildman–Crippen LogP) is 6.69. The molecule has 5 nitrogen and oxygen atoms in total. The number of carbonyl (C=O) groups is 2. The highest BCUT2D eigenvalue weighted by Gasteiger charge is 2.25. The van der Waals surface area contributed by atoms with Gasteiger partial charge in [0.2, 0.25) is 5.91 Å². The first-order valence-electron chi connectivity index (χ1n) is 14.2. The van der Waals surface area contributed by atoms with Crippen molar-refractivity contribution in [1.82, 2.24) is 10.2 Å². The molecule has 0 aliphatic heterocycles. The predicted molar refractivity (Wildman–Crippen MR) is 191 cm³/mol. The molecule has 0 bridgehead atoms. The second-order valence-corrected chi connectivity index (χ2v) is 24.6. The lowest BCUT2D eigenvalue weighted by molar-refractivity contribution is -0.129. The Morgan fingerprint density at radius 3 is 2.55 bits per heavy atom. The van der Waals surface area contributed by atoms with Crippen LogP contribution in [-0.4, -0.2) is 93.5 Å². The summed E-state index contributed by atoms with van der Waals surface area (Å²) in [5.74, 6) is 3.79. The SMILES string of the molecule is CP=CCc1ccc(C(=O)NCCN(CCOCC2CCCCCC2)C(C)=O)cc1[P+](=CP(C)S)CP(C)(C)=S. The van der Waals surface area contributed by atoms with E-state index in [-0.39, 0.29) is 11.8 Å². The summed E-state index contributed by atoms with van der Waals surface area (Å²) in [6.07, 6.45) is 8.67. The maximum absolute atomic E-state index is 13.2. The summed E-state index contributed by atoms with van der Waals surface area (Å²) in [6, 6.07) is 4.67. The molecule has 2 rings (SSSR count). The van der Waals surface area contributed by atoms with Crippen LogP contribution in [0.3, 0.4) is 0 Å². The first-order valence-corrected chi connectivity index (χ1v) is 24.1. The van der Waals surface area contributed by atoms with E-state index in [1.807, 2.05) is 6.07 Å². The van der Waals surface area contributed by atoms with Gasteiger partial charge in [-0.1, -0.05) is 49.4 Å². The minimum absolute atomic E-state index is 0.00396. The molecule has 1 aliphatic carbocycles. The van der Waals surface area contributed by atoms with Gasteiger partial charge in [-0.15, -0.1) is 20.5 Å². The topological polar surface area (TPSA) is 58.6 Å². The molecular formula is C29H49N2O3P4S2+. The Kier molecular flexibility index (Phi) is 17.3. The molecule has 1 aromatic carbocycles. The van der Waals surface area contributed by atoms with Crippen molar-refractivity contribution in [2.45, 2.75) is 51.9 Å². The Morgan fingerprint density at radius 2 is 1.95 bits per heavy atom. The van der Waals surface area contributed by atoms with E-state index < -0.39 is 20.7 Å². The minimum Gasteiger partial charge on any atom is -0.379 e. The average Bonchev–Trinajstić information content (AvgIpc) is 3.16. The largest absolute Gasteiger partial charge is 0.379 e. The van der Waals surface area contributed by atoms with E-state index in [0.29, 0.717) is 37.7 Å². The van der Waals surface area contributed by atoms with Gasteiger partial charge in [-0.25, -0.2) is 0 Å². The Bertz CT molecular complexity index is 1070. The Labute approximate surface area is 257 Å². The van der Waals surface area contributed by atoms with Crippen molar-refractivity contribution in [3.05, 3.63) is 29.3 Å². The molecule has 1 saturated carbocycles. The molecule has 1 aliphatic rings. The van der Waals surface area contributed by atoms with Crippen LogP contribution >= 0.6 is 41.2 Å². The highest BCUT2D eigenvalue weighted by molar-refractivity contribution is 8.51. The molecule has 0 heterocycles. The fraction of sp³-hybridized carbons (Fsp3) is 0.655. The number of rotatable bonds is 15. The third kappa shape index (κ3) is 14.4. The number of carbonyl (C=O) groups excluding carboxylic acids is 2. The van der Waals surface area contributed by atoms with Gasteiger partial charge < -0.3 is 15.0 Å². The van der Waals surface area contributed by atoms with Crippen molar-refractivity contribution in [3.63, 3.8) is 0 Å². The summed E-state index contributed by atoms with van der Waals surface area (Å²) in [5.41, 5.74) is 4.32. The number of amides is 2. The average molecular weight is 662 g/mol. The number of hydrogen-bond acceptors (Lipinski definition) is 5. The molecule has 2 amide bonds. The molecule has 1 aromatic rings. The molecule has 11 heteroatoms. The van der Waals surface area contributed by atoms with Crippen LogP contribution in [0, 0.1) is 5.92 Å². The van der Waals surface area contributed by atoms with Gasteiger partial charge in [-0.3, -0.25) is 9.59 Å². The third-order valence-corrected chi connectivity index (χ3v) is 16.8. The van der Waals surface area contributed by atoms with E-state index >= 15 is 0 Å².